The van der Waals surface area contributed by atoms with Crippen LogP contribution in [0.2, 0.25) is 10.0 Å². The molecule has 0 bridgehead atoms. The number of aromatic amines is 1. The second-order valence-electron chi connectivity index (χ2n) is 5.52. The van der Waals surface area contributed by atoms with E-state index in [2.05, 4.69) is 4.98 Å². The largest absolute Gasteiger partial charge is 0.360 e. The molecule has 0 saturated carbocycles. The van der Waals surface area contributed by atoms with Crippen LogP contribution in [-0.4, -0.2) is 13.4 Å². The van der Waals surface area contributed by atoms with E-state index in [-0.39, 0.29) is 31.8 Å². The smallest absolute Gasteiger partial charge is 0.263 e. The minimum absolute atomic E-state index is 0.0121. The van der Waals surface area contributed by atoms with E-state index in [9.17, 15) is 21.6 Å². The van der Waals surface area contributed by atoms with Gasteiger partial charge in [0, 0.05) is 23.5 Å². The second-order valence-corrected chi connectivity index (χ2v) is 8.02. The molecule has 3 aromatic rings. The second kappa shape index (κ2) is 7.39. The number of nitrogens with zero attached hydrogens (tertiary/aromatic N) is 1. The van der Waals surface area contributed by atoms with Crippen LogP contribution in [0.4, 0.5) is 18.9 Å². The number of H-pyrrole nitrogens is 1. The quantitative estimate of drug-likeness (QED) is 0.549. The van der Waals surface area contributed by atoms with Gasteiger partial charge in [0.05, 0.1) is 21.3 Å². The van der Waals surface area contributed by atoms with Crippen LogP contribution < -0.4 is 4.72 Å². The Morgan fingerprint density at radius 2 is 1.68 bits per heavy atom. The predicted octanol–water partition coefficient (Wildman–Crippen LogP) is 5.08. The monoisotopic (exact) mass is 445 g/mol. The number of sulfonamides is 1. The fourth-order valence-electron chi connectivity index (χ4n) is 2.33. The molecule has 0 aliphatic rings. The highest BCUT2D eigenvalue weighted by Gasteiger charge is 2.21. The molecule has 0 aliphatic carbocycles. The average molecular weight is 446 g/mol. The first-order valence-corrected chi connectivity index (χ1v) is 9.61. The van der Waals surface area contributed by atoms with Crippen molar-refractivity contribution >= 4 is 38.9 Å². The van der Waals surface area contributed by atoms with E-state index in [4.69, 9.17) is 28.5 Å². The van der Waals surface area contributed by atoms with Crippen molar-refractivity contribution in [1.82, 2.24) is 4.98 Å². The molecular weight excluding hydrogens is 438 g/mol. The lowest BCUT2D eigenvalue weighted by Gasteiger charge is -2.08. The number of rotatable bonds is 4. The van der Waals surface area contributed by atoms with Gasteiger partial charge in [-0.2, -0.15) is 5.26 Å². The fraction of sp³-hybridized carbons (Fsp3) is 0. The Labute approximate surface area is 167 Å². The predicted molar refractivity (Wildman–Crippen MR) is 98.1 cm³/mol. The topological polar surface area (TPSA) is 85.8 Å². The third-order valence-corrected chi connectivity index (χ3v) is 5.64. The van der Waals surface area contributed by atoms with Crippen LogP contribution in [0.15, 0.2) is 41.4 Å². The maximum atomic E-state index is 14.0. The highest BCUT2D eigenvalue weighted by atomic mass is 35.5. The van der Waals surface area contributed by atoms with Crippen LogP contribution in [0.25, 0.3) is 11.3 Å². The Balaban J connectivity index is 1.96. The van der Waals surface area contributed by atoms with Gasteiger partial charge in [-0.05, 0) is 24.3 Å². The van der Waals surface area contributed by atoms with E-state index in [1.165, 1.54) is 0 Å². The van der Waals surface area contributed by atoms with Crippen molar-refractivity contribution in [2.24, 2.45) is 0 Å². The number of aromatic nitrogens is 1. The van der Waals surface area contributed by atoms with Gasteiger partial charge in [0.25, 0.3) is 10.0 Å². The number of halogens is 5. The Morgan fingerprint density at radius 3 is 2.36 bits per heavy atom. The molecule has 0 saturated heterocycles. The van der Waals surface area contributed by atoms with Crippen molar-refractivity contribution < 1.29 is 21.6 Å². The summed E-state index contributed by atoms with van der Waals surface area (Å²) in [5.41, 5.74) is -0.768. The van der Waals surface area contributed by atoms with Crippen LogP contribution in [0.3, 0.4) is 0 Å². The minimum atomic E-state index is -4.28. The zero-order valence-corrected chi connectivity index (χ0v) is 15.9. The van der Waals surface area contributed by atoms with Crippen LogP contribution >= 0.6 is 23.2 Å². The molecule has 2 aromatic carbocycles. The van der Waals surface area contributed by atoms with Crippen molar-refractivity contribution in [2.45, 2.75) is 4.90 Å². The molecule has 28 heavy (non-hydrogen) atoms. The Bertz CT molecular complexity index is 1240. The van der Waals surface area contributed by atoms with E-state index >= 15 is 0 Å². The highest BCUT2D eigenvalue weighted by molar-refractivity contribution is 7.92. The summed E-state index contributed by atoms with van der Waals surface area (Å²) in [4.78, 5) is 2.20. The number of hydrogen-bond donors (Lipinski definition) is 2. The first-order valence-electron chi connectivity index (χ1n) is 7.37. The standard InChI is InChI=1S/C17H8Cl2F3N3O2S/c18-11-4-17(15(22)1-8(11)6-23)25-28(26,27)9-2-16(24-7-9)10-3-12(19)14(21)5-13(10)20/h1-5,7,24-25H. The number of anilines is 1. The molecule has 0 fully saturated rings. The van der Waals surface area contributed by atoms with E-state index in [0.29, 0.717) is 6.07 Å². The van der Waals surface area contributed by atoms with Crippen molar-refractivity contribution in [3.8, 4) is 17.3 Å². The fourth-order valence-corrected chi connectivity index (χ4v) is 3.75. The van der Waals surface area contributed by atoms with E-state index in [0.717, 1.165) is 30.5 Å². The first kappa shape index (κ1) is 20.1. The summed E-state index contributed by atoms with van der Waals surface area (Å²) < 4.78 is 68.2. The third-order valence-electron chi connectivity index (χ3n) is 3.69. The molecule has 2 N–H and O–H groups in total. The normalized spacial score (nSPS) is 11.3. The van der Waals surface area contributed by atoms with Gasteiger partial charge in [-0.25, -0.2) is 21.6 Å². The van der Waals surface area contributed by atoms with E-state index in [1.807, 2.05) is 4.72 Å². The lowest BCUT2D eigenvalue weighted by molar-refractivity contribution is 0.585. The van der Waals surface area contributed by atoms with Gasteiger partial charge in [-0.1, -0.05) is 23.2 Å². The lowest BCUT2D eigenvalue weighted by Crippen LogP contribution is -2.13. The van der Waals surface area contributed by atoms with Gasteiger partial charge in [0.2, 0.25) is 0 Å². The van der Waals surface area contributed by atoms with Gasteiger partial charge < -0.3 is 4.98 Å². The van der Waals surface area contributed by atoms with Gasteiger partial charge in [0.1, 0.15) is 28.4 Å². The molecule has 1 heterocycles. The third kappa shape index (κ3) is 3.80. The molecule has 0 amide bonds. The van der Waals surface area contributed by atoms with Gasteiger partial charge in [-0.3, -0.25) is 4.72 Å². The Morgan fingerprint density at radius 1 is 0.964 bits per heavy atom. The molecular formula is C17H8Cl2F3N3O2S. The lowest BCUT2D eigenvalue weighted by atomic mass is 10.1. The molecule has 1 aromatic heterocycles. The number of hydrogen-bond acceptors (Lipinski definition) is 3. The number of nitriles is 1. The molecule has 0 radical (unpaired) electrons. The minimum Gasteiger partial charge on any atom is -0.360 e. The zero-order chi connectivity index (χ0) is 20.6. The first-order chi connectivity index (χ1) is 13.1. The number of nitrogens with one attached hydrogen (secondary N) is 2. The van der Waals surface area contributed by atoms with Crippen LogP contribution in [0.5, 0.6) is 0 Å². The maximum Gasteiger partial charge on any atom is 0.263 e. The summed E-state index contributed by atoms with van der Waals surface area (Å²) in [6.45, 7) is 0. The summed E-state index contributed by atoms with van der Waals surface area (Å²) >= 11 is 11.4. The maximum absolute atomic E-state index is 14.0. The van der Waals surface area contributed by atoms with Gasteiger partial charge >= 0.3 is 0 Å². The van der Waals surface area contributed by atoms with Gasteiger partial charge in [0.15, 0.2) is 0 Å². The van der Waals surface area contributed by atoms with Gasteiger partial charge in [-0.15, -0.1) is 0 Å². The van der Waals surface area contributed by atoms with Crippen molar-refractivity contribution in [2.75, 3.05) is 4.72 Å². The number of benzene rings is 2. The van der Waals surface area contributed by atoms with Crippen LogP contribution in [-0.2, 0) is 10.0 Å². The Hall–Kier alpha value is -2.67. The summed E-state index contributed by atoms with van der Waals surface area (Å²) in [7, 11) is -4.28. The highest BCUT2D eigenvalue weighted by Crippen LogP contribution is 2.30. The van der Waals surface area contributed by atoms with Crippen LogP contribution in [0.1, 0.15) is 5.56 Å². The van der Waals surface area contributed by atoms with Crippen molar-refractivity contribution in [3.05, 3.63) is 69.6 Å². The summed E-state index contributed by atoms with van der Waals surface area (Å²) in [5, 5.41) is 8.32. The van der Waals surface area contributed by atoms with E-state index in [1.54, 1.807) is 6.07 Å². The average Bonchev–Trinajstić information content (AvgIpc) is 3.11. The van der Waals surface area contributed by atoms with Crippen molar-refractivity contribution in [3.63, 3.8) is 0 Å². The van der Waals surface area contributed by atoms with Crippen molar-refractivity contribution in [1.29, 1.82) is 5.26 Å². The molecule has 3 rings (SSSR count). The molecule has 0 aliphatic heterocycles. The SMILES string of the molecule is N#Cc1cc(F)c(NS(=O)(=O)c2c[nH]c(-c3cc(Cl)c(F)cc3F)c2)cc1Cl. The molecule has 0 unspecified atom stereocenters. The summed E-state index contributed by atoms with van der Waals surface area (Å²) in [5.74, 6) is -2.92. The Kier molecular flexibility index (Phi) is 5.30. The molecule has 5 nitrogen and oxygen atoms in total. The zero-order valence-electron chi connectivity index (χ0n) is 13.5. The molecule has 144 valence electrons. The molecule has 11 heteroatoms. The van der Waals surface area contributed by atoms with E-state index < -0.39 is 33.2 Å². The molecule has 0 atom stereocenters. The molecule has 0 spiro atoms. The van der Waals surface area contributed by atoms with Crippen LogP contribution in [0, 0.1) is 28.8 Å². The summed E-state index contributed by atoms with van der Waals surface area (Å²) in [6, 6.07) is 6.05. The summed E-state index contributed by atoms with van der Waals surface area (Å²) in [6.07, 6.45) is 1.04.